The van der Waals surface area contributed by atoms with Crippen LogP contribution in [0.15, 0.2) is 0 Å². The van der Waals surface area contributed by atoms with Crippen LogP contribution < -0.4 is 5.32 Å². The van der Waals surface area contributed by atoms with E-state index in [1.807, 2.05) is 0 Å². The molecule has 1 unspecified atom stereocenters. The number of carboxylic acid groups (broad SMARTS) is 1. The summed E-state index contributed by atoms with van der Waals surface area (Å²) in [6.07, 6.45) is 1.29. The first-order valence-corrected chi connectivity index (χ1v) is 6.26. The fourth-order valence-electron chi connectivity index (χ4n) is 1.04. The molecule has 1 amide bonds. The summed E-state index contributed by atoms with van der Waals surface area (Å²) in [5.41, 5.74) is 0. The van der Waals surface area contributed by atoms with E-state index in [0.29, 0.717) is 19.6 Å². The van der Waals surface area contributed by atoms with Gasteiger partial charge in [0.1, 0.15) is 5.25 Å². The number of carboxylic acids is 1. The maximum atomic E-state index is 11.3. The molecule has 2 N–H and O–H groups in total. The summed E-state index contributed by atoms with van der Waals surface area (Å²) in [5.74, 6) is -0.793. The normalized spacial score (nSPS) is 12.1. The van der Waals surface area contributed by atoms with E-state index in [2.05, 4.69) is 5.32 Å². The topological polar surface area (TPSA) is 75.6 Å². The lowest BCUT2D eigenvalue weighted by Gasteiger charge is -2.09. The van der Waals surface area contributed by atoms with Crippen molar-refractivity contribution in [2.75, 3.05) is 26.0 Å². The van der Waals surface area contributed by atoms with Crippen LogP contribution in [-0.4, -0.2) is 48.2 Å². The van der Waals surface area contributed by atoms with E-state index in [9.17, 15) is 9.59 Å². The van der Waals surface area contributed by atoms with E-state index < -0.39 is 11.2 Å². The smallest absolute Gasteiger partial charge is 0.316 e. The van der Waals surface area contributed by atoms with E-state index in [4.69, 9.17) is 9.84 Å². The number of hydrogen-bond acceptors (Lipinski definition) is 4. The number of carbonyl (C=O) groups excluding carboxylic acids is 1. The van der Waals surface area contributed by atoms with Gasteiger partial charge in [-0.1, -0.05) is 6.92 Å². The molecule has 0 aliphatic heterocycles. The Morgan fingerprint density at radius 1 is 1.50 bits per heavy atom. The van der Waals surface area contributed by atoms with E-state index in [1.165, 1.54) is 0 Å². The second kappa shape index (κ2) is 9.47. The molecule has 0 rings (SSSR count). The summed E-state index contributed by atoms with van der Waals surface area (Å²) in [7, 11) is 1.61. The molecule has 0 saturated heterocycles. The van der Waals surface area contributed by atoms with Crippen LogP contribution in [0.2, 0.25) is 0 Å². The molecule has 0 saturated carbocycles. The molecule has 0 radical (unpaired) electrons. The minimum Gasteiger partial charge on any atom is -0.480 e. The molecule has 0 bridgehead atoms. The van der Waals surface area contributed by atoms with Crippen LogP contribution in [0.1, 0.15) is 19.8 Å². The summed E-state index contributed by atoms with van der Waals surface area (Å²) in [5, 5.41) is 11.0. The average molecular weight is 249 g/mol. The molecule has 0 aromatic rings. The highest BCUT2D eigenvalue weighted by Gasteiger charge is 2.16. The third-order valence-electron chi connectivity index (χ3n) is 1.91. The number of amides is 1. The Morgan fingerprint density at radius 3 is 2.69 bits per heavy atom. The quantitative estimate of drug-likeness (QED) is 0.589. The number of rotatable bonds is 9. The molecule has 6 heteroatoms. The summed E-state index contributed by atoms with van der Waals surface area (Å²) < 4.78 is 4.84. The fraction of sp³-hybridized carbons (Fsp3) is 0.800. The maximum Gasteiger partial charge on any atom is 0.316 e. The van der Waals surface area contributed by atoms with Gasteiger partial charge in [0.15, 0.2) is 0 Å². The van der Waals surface area contributed by atoms with Gasteiger partial charge in [-0.25, -0.2) is 0 Å². The number of nitrogens with one attached hydrogen (secondary N) is 1. The van der Waals surface area contributed by atoms with Crippen LogP contribution in [0.4, 0.5) is 0 Å². The number of aliphatic carboxylic acids is 1. The van der Waals surface area contributed by atoms with Crippen LogP contribution in [0.25, 0.3) is 0 Å². The van der Waals surface area contributed by atoms with Crippen molar-refractivity contribution >= 4 is 23.6 Å². The zero-order valence-corrected chi connectivity index (χ0v) is 10.5. The number of hydrogen-bond donors (Lipinski definition) is 2. The highest BCUT2D eigenvalue weighted by atomic mass is 32.2. The van der Waals surface area contributed by atoms with Crippen LogP contribution in [0.3, 0.4) is 0 Å². The average Bonchev–Trinajstić information content (AvgIpc) is 2.25. The largest absolute Gasteiger partial charge is 0.480 e. The Kier molecular flexibility index (Phi) is 9.03. The van der Waals surface area contributed by atoms with Gasteiger partial charge in [0.25, 0.3) is 0 Å². The maximum absolute atomic E-state index is 11.3. The predicted octanol–water partition coefficient (Wildman–Crippen LogP) is 0.735. The zero-order valence-electron chi connectivity index (χ0n) is 9.69. The van der Waals surface area contributed by atoms with Gasteiger partial charge >= 0.3 is 5.97 Å². The number of methoxy groups -OCH3 is 1. The van der Waals surface area contributed by atoms with Crippen molar-refractivity contribution in [1.82, 2.24) is 5.32 Å². The second-order valence-electron chi connectivity index (χ2n) is 3.24. The minimum absolute atomic E-state index is 0.124. The highest BCUT2D eigenvalue weighted by Crippen LogP contribution is 2.13. The van der Waals surface area contributed by atoms with Crippen molar-refractivity contribution in [3.05, 3.63) is 0 Å². The molecule has 0 heterocycles. The monoisotopic (exact) mass is 249 g/mol. The number of thioether (sulfide) groups is 1. The molecule has 5 nitrogen and oxygen atoms in total. The molecule has 0 aromatic heterocycles. The van der Waals surface area contributed by atoms with Gasteiger partial charge in [-0.15, -0.1) is 11.8 Å². The third kappa shape index (κ3) is 7.53. The van der Waals surface area contributed by atoms with Crippen LogP contribution in [0.5, 0.6) is 0 Å². The van der Waals surface area contributed by atoms with Crippen molar-refractivity contribution in [3.63, 3.8) is 0 Å². The Labute approximate surface area is 99.9 Å². The molecular weight excluding hydrogens is 230 g/mol. The molecule has 0 aliphatic carbocycles. The molecule has 0 aliphatic rings. The molecule has 1 atom stereocenters. The van der Waals surface area contributed by atoms with E-state index in [0.717, 1.165) is 18.2 Å². The Hall–Kier alpha value is -0.750. The van der Waals surface area contributed by atoms with Crippen LogP contribution >= 0.6 is 11.8 Å². The first-order valence-electron chi connectivity index (χ1n) is 5.21. The van der Waals surface area contributed by atoms with Gasteiger partial charge in [-0.05, 0) is 12.8 Å². The molecule has 16 heavy (non-hydrogen) atoms. The molecule has 0 aromatic carbocycles. The number of carbonyl (C=O) groups is 2. The Balaban J connectivity index is 3.59. The van der Waals surface area contributed by atoms with Gasteiger partial charge in [0.05, 0.1) is 5.75 Å². The number of ether oxygens (including phenoxy) is 1. The zero-order chi connectivity index (χ0) is 12.4. The highest BCUT2D eigenvalue weighted by molar-refractivity contribution is 8.01. The standard InChI is InChI=1S/C10H19NO4S/c1-3-8(10(13)14)16-7-9(12)11-5-4-6-15-2/h8H,3-7H2,1-2H3,(H,11,12)(H,13,14). The predicted molar refractivity (Wildman–Crippen MR) is 63.7 cm³/mol. The fourth-order valence-corrected chi connectivity index (χ4v) is 1.87. The van der Waals surface area contributed by atoms with Crippen molar-refractivity contribution in [2.45, 2.75) is 25.0 Å². The first-order chi connectivity index (χ1) is 7.61. The van der Waals surface area contributed by atoms with Crippen LogP contribution in [-0.2, 0) is 14.3 Å². The summed E-state index contributed by atoms with van der Waals surface area (Å²) >= 11 is 1.16. The van der Waals surface area contributed by atoms with Crippen molar-refractivity contribution < 1.29 is 19.4 Å². The SMILES string of the molecule is CCC(SCC(=O)NCCCOC)C(=O)O. The molecular formula is C10H19NO4S. The third-order valence-corrected chi connectivity index (χ3v) is 3.28. The Morgan fingerprint density at radius 2 is 2.19 bits per heavy atom. The summed E-state index contributed by atoms with van der Waals surface area (Å²) in [6.45, 7) is 2.97. The van der Waals surface area contributed by atoms with E-state index in [1.54, 1.807) is 14.0 Å². The molecule has 0 fully saturated rings. The minimum atomic E-state index is -0.861. The molecule has 94 valence electrons. The van der Waals surface area contributed by atoms with E-state index in [-0.39, 0.29) is 11.7 Å². The lowest BCUT2D eigenvalue weighted by molar-refractivity contribution is -0.136. The van der Waals surface area contributed by atoms with Gasteiger partial charge in [-0.2, -0.15) is 0 Å². The summed E-state index contributed by atoms with van der Waals surface area (Å²) in [6, 6.07) is 0. The van der Waals surface area contributed by atoms with Gasteiger partial charge < -0.3 is 15.2 Å². The van der Waals surface area contributed by atoms with Crippen molar-refractivity contribution in [3.8, 4) is 0 Å². The second-order valence-corrected chi connectivity index (χ2v) is 4.43. The van der Waals surface area contributed by atoms with Crippen molar-refractivity contribution in [2.24, 2.45) is 0 Å². The van der Waals surface area contributed by atoms with Gasteiger partial charge in [0.2, 0.25) is 5.91 Å². The van der Waals surface area contributed by atoms with Crippen LogP contribution in [0, 0.1) is 0 Å². The first kappa shape index (κ1) is 15.2. The van der Waals surface area contributed by atoms with E-state index >= 15 is 0 Å². The van der Waals surface area contributed by atoms with Gasteiger partial charge in [0, 0.05) is 20.3 Å². The summed E-state index contributed by atoms with van der Waals surface area (Å²) in [4.78, 5) is 22.0. The lowest BCUT2D eigenvalue weighted by Crippen LogP contribution is -2.28. The lowest BCUT2D eigenvalue weighted by atomic mass is 10.3. The van der Waals surface area contributed by atoms with Crippen molar-refractivity contribution in [1.29, 1.82) is 0 Å². The van der Waals surface area contributed by atoms with Gasteiger partial charge in [-0.3, -0.25) is 9.59 Å². The Bertz CT molecular complexity index is 223. The molecule has 0 spiro atoms.